The third-order valence-electron chi connectivity index (χ3n) is 4.21. The van der Waals surface area contributed by atoms with Gasteiger partial charge in [0, 0.05) is 21.5 Å². The van der Waals surface area contributed by atoms with Crippen LogP contribution >= 0.6 is 11.6 Å². The van der Waals surface area contributed by atoms with Crippen LogP contribution in [0.25, 0.3) is 33.2 Å². The van der Waals surface area contributed by atoms with Gasteiger partial charge in [0.15, 0.2) is 5.58 Å². The van der Waals surface area contributed by atoms with E-state index in [0.717, 1.165) is 10.9 Å². The van der Waals surface area contributed by atoms with Gasteiger partial charge in [0.1, 0.15) is 16.6 Å². The Labute approximate surface area is 150 Å². The monoisotopic (exact) mass is 372 g/mol. The second-order valence-electron chi connectivity index (χ2n) is 5.72. The van der Waals surface area contributed by atoms with Crippen LogP contribution in [0.4, 0.5) is 0 Å². The van der Waals surface area contributed by atoms with Crippen LogP contribution in [0.2, 0.25) is 5.02 Å². The number of pyridine rings is 1. The van der Waals surface area contributed by atoms with Gasteiger partial charge in [-0.05, 0) is 42.8 Å². The Morgan fingerprint density at radius 2 is 1.88 bits per heavy atom. The number of H-pyrrole nitrogens is 1. The summed E-state index contributed by atoms with van der Waals surface area (Å²) in [5.41, 5.74) is 3.65. The third-order valence-corrected chi connectivity index (χ3v) is 5.18. The smallest absolute Gasteiger partial charge is 0.252 e. The highest BCUT2D eigenvalue weighted by Crippen LogP contribution is 2.36. The molecule has 2 aromatic heterocycles. The maximum absolute atomic E-state index is 12.4. The van der Waals surface area contributed by atoms with Crippen molar-refractivity contribution in [1.29, 1.82) is 0 Å². The minimum Gasteiger partial charge on any atom is -0.454 e. The molecule has 1 atom stereocenters. The number of halogens is 1. The summed E-state index contributed by atoms with van der Waals surface area (Å²) in [6.45, 7) is 1.74. The molecule has 4 aromatic rings. The number of nitrogens with two attached hydrogens (primary N) is 1. The number of furan rings is 1. The summed E-state index contributed by atoms with van der Waals surface area (Å²) in [6, 6.07) is 12.2. The lowest BCUT2D eigenvalue weighted by molar-refractivity contribution is 0.668. The molecule has 0 bridgehead atoms. The van der Waals surface area contributed by atoms with Crippen molar-refractivity contribution in [3.8, 4) is 11.1 Å². The molecule has 5 nitrogen and oxygen atoms in total. The van der Waals surface area contributed by atoms with E-state index in [1.165, 1.54) is 0 Å². The Morgan fingerprint density at radius 3 is 2.56 bits per heavy atom. The second-order valence-corrected chi connectivity index (χ2v) is 7.23. The van der Waals surface area contributed by atoms with E-state index in [1.807, 2.05) is 0 Å². The van der Waals surface area contributed by atoms with Crippen molar-refractivity contribution < 1.29 is 8.63 Å². The number of hydrogen-bond donors (Lipinski definition) is 2. The van der Waals surface area contributed by atoms with E-state index in [1.54, 1.807) is 49.4 Å². The molecule has 0 amide bonds. The molecular weight excluding hydrogens is 360 g/mol. The van der Waals surface area contributed by atoms with Crippen LogP contribution in [0.5, 0.6) is 0 Å². The fraction of sp³-hybridized carbons (Fsp3) is 0.0556. The van der Waals surface area contributed by atoms with Crippen LogP contribution in [0, 0.1) is 6.92 Å². The molecule has 3 N–H and O–H groups in total. The number of hydrogen-bond acceptors (Lipinski definition) is 3. The van der Waals surface area contributed by atoms with Gasteiger partial charge in [-0.2, -0.15) is 0 Å². The number of aromatic amines is 1. The van der Waals surface area contributed by atoms with Crippen LogP contribution < -0.4 is 10.7 Å². The fourth-order valence-corrected chi connectivity index (χ4v) is 3.54. The summed E-state index contributed by atoms with van der Waals surface area (Å²) < 4.78 is 17.4. The highest BCUT2D eigenvalue weighted by molar-refractivity contribution is 7.82. The molecule has 0 saturated carbocycles. The molecule has 1 unspecified atom stereocenters. The quantitative estimate of drug-likeness (QED) is 0.559. The Balaban J connectivity index is 2.08. The predicted octanol–water partition coefficient (Wildman–Crippen LogP) is 3.88. The molecule has 0 saturated heterocycles. The zero-order valence-electron chi connectivity index (χ0n) is 13.1. The Hall–Kier alpha value is -2.41. The first kappa shape index (κ1) is 16.1. The molecule has 0 aliphatic rings. The first-order valence-electron chi connectivity index (χ1n) is 7.47. The van der Waals surface area contributed by atoms with Gasteiger partial charge in [-0.25, -0.2) is 9.35 Å². The SMILES string of the molecule is Cc1c(-c2ccc(S(N)=O)cc2)c2oc3ccc(Cl)cc3c2[nH]c1=O. The van der Waals surface area contributed by atoms with Gasteiger partial charge in [-0.15, -0.1) is 0 Å². The largest absolute Gasteiger partial charge is 0.454 e. The van der Waals surface area contributed by atoms with Gasteiger partial charge in [-0.3, -0.25) is 4.79 Å². The van der Waals surface area contributed by atoms with Gasteiger partial charge < -0.3 is 9.40 Å². The van der Waals surface area contributed by atoms with E-state index >= 15 is 0 Å². The molecule has 0 aliphatic carbocycles. The minimum atomic E-state index is -1.55. The Kier molecular flexibility index (Phi) is 3.76. The number of rotatable bonds is 2. The van der Waals surface area contributed by atoms with Crippen molar-refractivity contribution in [2.45, 2.75) is 11.8 Å². The fourth-order valence-electron chi connectivity index (χ4n) is 2.96. The Morgan fingerprint density at radius 1 is 1.16 bits per heavy atom. The van der Waals surface area contributed by atoms with Gasteiger partial charge in [0.2, 0.25) is 0 Å². The molecule has 2 heterocycles. The average Bonchev–Trinajstić information content (AvgIpc) is 2.93. The van der Waals surface area contributed by atoms with Crippen LogP contribution in [0.15, 0.2) is 56.6 Å². The topological polar surface area (TPSA) is 89.1 Å². The summed E-state index contributed by atoms with van der Waals surface area (Å²) in [6.07, 6.45) is 0. The van der Waals surface area contributed by atoms with Crippen LogP contribution in [0.1, 0.15) is 5.56 Å². The van der Waals surface area contributed by atoms with E-state index in [0.29, 0.717) is 37.7 Å². The van der Waals surface area contributed by atoms with Gasteiger partial charge >= 0.3 is 0 Å². The number of aromatic nitrogens is 1. The maximum Gasteiger partial charge on any atom is 0.252 e. The van der Waals surface area contributed by atoms with E-state index < -0.39 is 11.0 Å². The molecule has 4 rings (SSSR count). The summed E-state index contributed by atoms with van der Waals surface area (Å²) in [7, 11) is -1.55. The summed E-state index contributed by atoms with van der Waals surface area (Å²) in [5, 5.41) is 6.71. The molecule has 25 heavy (non-hydrogen) atoms. The van der Waals surface area contributed by atoms with Crippen molar-refractivity contribution in [2.24, 2.45) is 5.14 Å². The summed E-state index contributed by atoms with van der Waals surface area (Å²) in [4.78, 5) is 15.8. The highest BCUT2D eigenvalue weighted by Gasteiger charge is 2.18. The third kappa shape index (κ3) is 2.59. The molecule has 2 aromatic carbocycles. The van der Waals surface area contributed by atoms with E-state index in [2.05, 4.69) is 4.98 Å². The maximum atomic E-state index is 12.4. The minimum absolute atomic E-state index is 0.198. The van der Waals surface area contributed by atoms with Crippen LogP contribution in [0.3, 0.4) is 0 Å². The lowest BCUT2D eigenvalue weighted by Crippen LogP contribution is -2.10. The highest BCUT2D eigenvalue weighted by atomic mass is 35.5. The zero-order chi connectivity index (χ0) is 17.7. The van der Waals surface area contributed by atoms with Gasteiger partial charge in [0.05, 0.1) is 10.4 Å². The lowest BCUT2D eigenvalue weighted by atomic mass is 10.0. The average molecular weight is 373 g/mol. The van der Waals surface area contributed by atoms with Crippen LogP contribution in [-0.4, -0.2) is 9.19 Å². The van der Waals surface area contributed by atoms with Crippen molar-refractivity contribution in [1.82, 2.24) is 4.98 Å². The molecule has 7 heteroatoms. The number of nitrogens with one attached hydrogen (secondary N) is 1. The molecule has 0 fully saturated rings. The summed E-state index contributed by atoms with van der Waals surface area (Å²) in [5.74, 6) is 0. The van der Waals surface area contributed by atoms with Gasteiger partial charge in [0.25, 0.3) is 5.56 Å². The zero-order valence-corrected chi connectivity index (χ0v) is 14.7. The van der Waals surface area contributed by atoms with E-state index in [-0.39, 0.29) is 5.56 Å². The predicted molar refractivity (Wildman–Crippen MR) is 100 cm³/mol. The second kappa shape index (κ2) is 5.84. The Bertz CT molecular complexity index is 1210. The molecule has 0 aliphatic heterocycles. The number of fused-ring (bicyclic) bond motifs is 3. The molecular formula is C18H13ClN2O3S. The van der Waals surface area contributed by atoms with E-state index in [4.69, 9.17) is 21.2 Å². The van der Waals surface area contributed by atoms with Gasteiger partial charge in [-0.1, -0.05) is 23.7 Å². The molecule has 0 spiro atoms. The summed E-state index contributed by atoms with van der Waals surface area (Å²) >= 11 is 6.08. The van der Waals surface area contributed by atoms with E-state index in [9.17, 15) is 9.00 Å². The molecule has 0 radical (unpaired) electrons. The lowest BCUT2D eigenvalue weighted by Gasteiger charge is -2.07. The normalized spacial score (nSPS) is 12.8. The van der Waals surface area contributed by atoms with Crippen molar-refractivity contribution >= 4 is 44.7 Å². The first-order valence-corrected chi connectivity index (χ1v) is 9.06. The first-order chi connectivity index (χ1) is 12.0. The van der Waals surface area contributed by atoms with Crippen LogP contribution in [-0.2, 0) is 11.0 Å². The van der Waals surface area contributed by atoms with Crippen molar-refractivity contribution in [3.05, 3.63) is 63.4 Å². The van der Waals surface area contributed by atoms with Crippen molar-refractivity contribution in [2.75, 3.05) is 0 Å². The number of benzene rings is 2. The van der Waals surface area contributed by atoms with Crippen molar-refractivity contribution in [3.63, 3.8) is 0 Å². The standard InChI is InChI=1S/C18H13ClN2O3S/c1-9-15(10-2-5-12(6-3-10)25(20)23)17-16(21-18(9)22)13-8-11(19)4-7-14(13)24-17/h2-8H,20H2,1H3,(H,21,22). The molecule has 126 valence electrons.